The molecule has 44 valence electrons. The SMILES string of the molecule is C[CH2][Ge+2][CH2]C.[Br-].[Br-]. The maximum absolute atomic E-state index is 2.27. The van der Waals surface area contributed by atoms with E-state index in [0.29, 0.717) is 15.4 Å². The van der Waals surface area contributed by atoms with Crippen LogP contribution in [0.3, 0.4) is 0 Å². The van der Waals surface area contributed by atoms with Crippen molar-refractivity contribution in [3.8, 4) is 0 Å². The van der Waals surface area contributed by atoms with Gasteiger partial charge in [0.05, 0.1) is 0 Å². The van der Waals surface area contributed by atoms with Crippen LogP contribution < -0.4 is 34.0 Å². The van der Waals surface area contributed by atoms with Gasteiger partial charge >= 0.3 is 39.8 Å². The van der Waals surface area contributed by atoms with Crippen LogP contribution in [0.2, 0.25) is 10.5 Å². The zero-order valence-electron chi connectivity index (χ0n) is 4.67. The van der Waals surface area contributed by atoms with Crippen LogP contribution in [-0.2, 0) is 0 Å². The van der Waals surface area contributed by atoms with Crippen molar-refractivity contribution in [2.75, 3.05) is 0 Å². The Morgan fingerprint density at radius 2 is 1.29 bits per heavy atom. The van der Waals surface area contributed by atoms with Gasteiger partial charge in [-0.15, -0.1) is 0 Å². The van der Waals surface area contributed by atoms with Crippen molar-refractivity contribution in [1.82, 2.24) is 0 Å². The first kappa shape index (κ1) is 15.8. The second-order valence-electron chi connectivity index (χ2n) is 0.957. The summed E-state index contributed by atoms with van der Waals surface area (Å²) in [6, 6.07) is 0. The Balaban J connectivity index is -0.0000000800. The van der Waals surface area contributed by atoms with Gasteiger partial charge < -0.3 is 34.0 Å². The van der Waals surface area contributed by atoms with Gasteiger partial charge in [-0.2, -0.15) is 0 Å². The van der Waals surface area contributed by atoms with Crippen LogP contribution in [0.25, 0.3) is 0 Å². The first-order valence-electron chi connectivity index (χ1n) is 2.12. The van der Waals surface area contributed by atoms with Crippen molar-refractivity contribution in [3.63, 3.8) is 0 Å². The molecule has 0 aliphatic rings. The molecule has 0 saturated heterocycles. The average molecular weight is 291 g/mol. The van der Waals surface area contributed by atoms with Crippen LogP contribution in [-0.4, -0.2) is 15.4 Å². The van der Waals surface area contributed by atoms with Gasteiger partial charge in [0, 0.05) is 0 Å². The van der Waals surface area contributed by atoms with E-state index >= 15 is 0 Å². The number of rotatable bonds is 2. The Hall–Kier alpha value is 1.50. The molecule has 0 heterocycles. The Morgan fingerprint density at radius 1 is 1.00 bits per heavy atom. The van der Waals surface area contributed by atoms with Crippen LogP contribution in [0.15, 0.2) is 0 Å². The topological polar surface area (TPSA) is 0 Å². The summed E-state index contributed by atoms with van der Waals surface area (Å²) < 4.78 is 0. The summed E-state index contributed by atoms with van der Waals surface area (Å²) in [6.07, 6.45) is 0. The van der Waals surface area contributed by atoms with Crippen molar-refractivity contribution in [3.05, 3.63) is 0 Å². The first-order chi connectivity index (χ1) is 2.41. The van der Waals surface area contributed by atoms with Gasteiger partial charge in [-0.3, -0.25) is 0 Å². The number of halogens is 2. The summed E-state index contributed by atoms with van der Waals surface area (Å²) in [5, 5.41) is 2.94. The molecule has 0 rings (SSSR count). The van der Waals surface area contributed by atoms with E-state index in [2.05, 4.69) is 13.8 Å². The second kappa shape index (κ2) is 15.6. The van der Waals surface area contributed by atoms with E-state index < -0.39 is 0 Å². The van der Waals surface area contributed by atoms with Gasteiger partial charge in [-0.25, -0.2) is 0 Å². The van der Waals surface area contributed by atoms with E-state index in [9.17, 15) is 0 Å². The third kappa shape index (κ3) is 18.5. The molecule has 0 atom stereocenters. The standard InChI is InChI=1S/C4H10Ge.2BrH/c1-3-5-4-2;;/h3-4H2,1-2H3;2*1H/q+2;;/p-2. The summed E-state index contributed by atoms with van der Waals surface area (Å²) in [6.45, 7) is 4.53. The molecule has 0 aromatic carbocycles. The molecule has 0 aromatic rings. The fourth-order valence-corrected chi connectivity index (χ4v) is 1.30. The van der Waals surface area contributed by atoms with Gasteiger partial charge in [-0.1, -0.05) is 0 Å². The first-order valence-corrected chi connectivity index (χ1v) is 5.09. The Kier molecular flexibility index (Phi) is 35.3. The normalized spacial score (nSPS) is 4.86. The molecule has 0 nitrogen and oxygen atoms in total. The third-order valence-corrected chi connectivity index (χ3v) is 2.60. The van der Waals surface area contributed by atoms with Gasteiger partial charge in [-0.05, 0) is 0 Å². The maximum Gasteiger partial charge on any atom is -1.00 e. The van der Waals surface area contributed by atoms with Crippen molar-refractivity contribution in [1.29, 1.82) is 0 Å². The molecule has 0 aliphatic heterocycles. The smallest absolute Gasteiger partial charge is 1.00 e. The minimum absolute atomic E-state index is 0. The van der Waals surface area contributed by atoms with Gasteiger partial charge in [0.25, 0.3) is 0 Å². The van der Waals surface area contributed by atoms with Crippen molar-refractivity contribution in [2.24, 2.45) is 0 Å². The minimum Gasteiger partial charge on any atom is -1.00 e. The fraction of sp³-hybridized carbons (Fsp3) is 1.00. The monoisotopic (exact) mass is 290 g/mol. The van der Waals surface area contributed by atoms with Crippen molar-refractivity contribution < 1.29 is 34.0 Å². The molecule has 3 heteroatoms. The summed E-state index contributed by atoms with van der Waals surface area (Å²) in [5.74, 6) is 0. The van der Waals surface area contributed by atoms with Gasteiger partial charge in [0.2, 0.25) is 0 Å². The maximum atomic E-state index is 2.27. The summed E-state index contributed by atoms with van der Waals surface area (Å²) in [4.78, 5) is 0. The second-order valence-corrected chi connectivity index (χ2v) is 4.97. The molecule has 0 saturated carbocycles. The van der Waals surface area contributed by atoms with Crippen LogP contribution in [0, 0.1) is 0 Å². The predicted octanol–water partition coefficient (Wildman–Crippen LogP) is -4.42. The molecular formula is C4H10Br2Ge. The molecule has 0 aliphatic carbocycles. The van der Waals surface area contributed by atoms with E-state index in [0.717, 1.165) is 0 Å². The molecule has 0 N–H and O–H groups in total. The van der Waals surface area contributed by atoms with E-state index in [1.807, 2.05) is 0 Å². The van der Waals surface area contributed by atoms with Crippen molar-refractivity contribution >= 4 is 15.4 Å². The molecule has 7 heavy (non-hydrogen) atoms. The van der Waals surface area contributed by atoms with Gasteiger partial charge in [0.1, 0.15) is 0 Å². The molecule has 0 amide bonds. The van der Waals surface area contributed by atoms with Crippen LogP contribution in [0.4, 0.5) is 0 Å². The zero-order valence-corrected chi connectivity index (χ0v) is 9.94. The van der Waals surface area contributed by atoms with E-state index in [1.54, 1.807) is 0 Å². The molecule has 0 bridgehead atoms. The third-order valence-electron chi connectivity index (χ3n) is 0.500. The largest absolute Gasteiger partial charge is 1.00 e. The van der Waals surface area contributed by atoms with Crippen LogP contribution in [0.1, 0.15) is 13.8 Å². The number of hydrogen-bond acceptors (Lipinski definition) is 0. The molecule has 0 radical (unpaired) electrons. The molecular weight excluding hydrogens is 280 g/mol. The summed E-state index contributed by atoms with van der Waals surface area (Å²) >= 11 is 0.528. The Morgan fingerprint density at radius 3 is 1.29 bits per heavy atom. The Bertz CT molecular complexity index is 17.2. The molecule has 0 unspecified atom stereocenters. The molecule has 0 fully saturated rings. The zero-order chi connectivity index (χ0) is 4.12. The fourth-order valence-electron chi connectivity index (χ4n) is 0.250. The molecule has 0 spiro atoms. The quantitative estimate of drug-likeness (QED) is 0.451. The summed E-state index contributed by atoms with van der Waals surface area (Å²) in [7, 11) is 0. The molecule has 0 aromatic heterocycles. The van der Waals surface area contributed by atoms with Gasteiger partial charge in [0.15, 0.2) is 0 Å². The van der Waals surface area contributed by atoms with Crippen LogP contribution in [0.5, 0.6) is 0 Å². The van der Waals surface area contributed by atoms with E-state index in [4.69, 9.17) is 0 Å². The summed E-state index contributed by atoms with van der Waals surface area (Å²) in [5.41, 5.74) is 0. The average Bonchev–Trinajstić information content (AvgIpc) is 1.41. The minimum atomic E-state index is 0. The predicted molar refractivity (Wildman–Crippen MR) is 26.7 cm³/mol. The Labute approximate surface area is 73.5 Å². The van der Waals surface area contributed by atoms with Crippen molar-refractivity contribution in [2.45, 2.75) is 24.4 Å². The van der Waals surface area contributed by atoms with E-state index in [-0.39, 0.29) is 34.0 Å². The van der Waals surface area contributed by atoms with E-state index in [1.165, 1.54) is 10.5 Å². The van der Waals surface area contributed by atoms with Crippen LogP contribution >= 0.6 is 0 Å². The number of hydrogen-bond donors (Lipinski definition) is 0.